The SMILES string of the molecule is O=C(O)c1cncnc1Cn1c2c(ccc1=O)CCC2. The van der Waals surface area contributed by atoms with Crippen molar-refractivity contribution in [1.82, 2.24) is 14.5 Å². The van der Waals surface area contributed by atoms with E-state index in [0.717, 1.165) is 30.5 Å². The number of aromatic nitrogens is 3. The van der Waals surface area contributed by atoms with Crippen LogP contribution in [0.4, 0.5) is 0 Å². The fourth-order valence-corrected chi connectivity index (χ4v) is 2.62. The van der Waals surface area contributed by atoms with Crippen molar-refractivity contribution < 1.29 is 9.90 Å². The van der Waals surface area contributed by atoms with Crippen LogP contribution in [-0.2, 0) is 19.4 Å². The number of aromatic carboxylic acids is 1. The van der Waals surface area contributed by atoms with Gasteiger partial charge in [0.2, 0.25) is 0 Å². The van der Waals surface area contributed by atoms with E-state index in [4.69, 9.17) is 5.11 Å². The predicted molar refractivity (Wildman–Crippen MR) is 70.8 cm³/mol. The van der Waals surface area contributed by atoms with E-state index in [-0.39, 0.29) is 17.7 Å². The summed E-state index contributed by atoms with van der Waals surface area (Å²) in [6, 6.07) is 3.39. The third kappa shape index (κ3) is 2.09. The highest BCUT2D eigenvalue weighted by Crippen LogP contribution is 2.20. The van der Waals surface area contributed by atoms with Gasteiger partial charge >= 0.3 is 5.97 Å². The van der Waals surface area contributed by atoms with E-state index in [1.54, 1.807) is 4.57 Å². The number of carboxylic acids is 1. The van der Waals surface area contributed by atoms with Crippen molar-refractivity contribution in [3.05, 3.63) is 57.5 Å². The number of carboxylic acid groups (broad SMARTS) is 1. The summed E-state index contributed by atoms with van der Waals surface area (Å²) in [5.74, 6) is -1.08. The summed E-state index contributed by atoms with van der Waals surface area (Å²) < 4.78 is 1.62. The zero-order valence-electron chi connectivity index (χ0n) is 10.7. The summed E-state index contributed by atoms with van der Waals surface area (Å²) in [6.45, 7) is 0.173. The Balaban J connectivity index is 2.07. The Bertz CT molecular complexity index is 737. The van der Waals surface area contributed by atoms with Crippen LogP contribution in [0.25, 0.3) is 0 Å². The molecule has 0 saturated heterocycles. The van der Waals surface area contributed by atoms with E-state index in [0.29, 0.717) is 5.69 Å². The Morgan fingerprint density at radius 2 is 2.20 bits per heavy atom. The minimum atomic E-state index is -1.08. The van der Waals surface area contributed by atoms with Crippen LogP contribution < -0.4 is 5.56 Å². The summed E-state index contributed by atoms with van der Waals surface area (Å²) in [5.41, 5.74) is 2.42. The highest BCUT2D eigenvalue weighted by Gasteiger charge is 2.18. The smallest absolute Gasteiger partial charge is 0.339 e. The van der Waals surface area contributed by atoms with E-state index in [2.05, 4.69) is 9.97 Å². The van der Waals surface area contributed by atoms with Gasteiger partial charge in [0, 0.05) is 18.0 Å². The molecule has 0 aromatic carbocycles. The van der Waals surface area contributed by atoms with Crippen molar-refractivity contribution in [2.24, 2.45) is 0 Å². The molecule has 2 heterocycles. The first-order chi connectivity index (χ1) is 9.66. The van der Waals surface area contributed by atoms with Crippen molar-refractivity contribution in [2.75, 3.05) is 0 Å². The molecular weight excluding hydrogens is 258 g/mol. The van der Waals surface area contributed by atoms with Crippen LogP contribution in [0.3, 0.4) is 0 Å². The molecule has 0 bridgehead atoms. The van der Waals surface area contributed by atoms with E-state index in [9.17, 15) is 9.59 Å². The number of pyridine rings is 1. The quantitative estimate of drug-likeness (QED) is 0.895. The van der Waals surface area contributed by atoms with Gasteiger partial charge in [0.15, 0.2) is 0 Å². The first kappa shape index (κ1) is 12.5. The molecule has 0 saturated carbocycles. The third-order valence-electron chi connectivity index (χ3n) is 3.58. The van der Waals surface area contributed by atoms with E-state index < -0.39 is 5.97 Å². The van der Waals surface area contributed by atoms with Crippen molar-refractivity contribution in [1.29, 1.82) is 0 Å². The minimum Gasteiger partial charge on any atom is -0.478 e. The molecule has 0 unspecified atom stereocenters. The molecule has 1 aliphatic carbocycles. The molecule has 0 spiro atoms. The molecule has 2 aromatic rings. The summed E-state index contributed by atoms with van der Waals surface area (Å²) >= 11 is 0. The Kier molecular flexibility index (Phi) is 3.06. The van der Waals surface area contributed by atoms with Crippen LogP contribution in [0, 0.1) is 0 Å². The molecule has 0 fully saturated rings. The molecule has 102 valence electrons. The number of aryl methyl sites for hydroxylation is 1. The second-order valence-electron chi connectivity index (χ2n) is 4.77. The van der Waals surface area contributed by atoms with Gasteiger partial charge in [0.05, 0.1) is 12.2 Å². The monoisotopic (exact) mass is 271 g/mol. The highest BCUT2D eigenvalue weighted by molar-refractivity contribution is 5.88. The molecule has 1 N–H and O–H groups in total. The van der Waals surface area contributed by atoms with Gasteiger partial charge in [-0.2, -0.15) is 0 Å². The first-order valence-corrected chi connectivity index (χ1v) is 6.40. The number of carbonyl (C=O) groups is 1. The maximum absolute atomic E-state index is 12.0. The van der Waals surface area contributed by atoms with Gasteiger partial charge < -0.3 is 9.67 Å². The van der Waals surface area contributed by atoms with Gasteiger partial charge in [-0.25, -0.2) is 14.8 Å². The maximum Gasteiger partial charge on any atom is 0.339 e. The van der Waals surface area contributed by atoms with Crippen LogP contribution in [-0.4, -0.2) is 25.6 Å². The van der Waals surface area contributed by atoms with Gasteiger partial charge in [0.1, 0.15) is 11.9 Å². The molecule has 0 amide bonds. The van der Waals surface area contributed by atoms with Crippen LogP contribution in [0.2, 0.25) is 0 Å². The lowest BCUT2D eigenvalue weighted by Crippen LogP contribution is -2.24. The fourth-order valence-electron chi connectivity index (χ4n) is 2.62. The average molecular weight is 271 g/mol. The van der Waals surface area contributed by atoms with Crippen molar-refractivity contribution in [3.63, 3.8) is 0 Å². The summed E-state index contributed by atoms with van der Waals surface area (Å²) in [6.07, 6.45) is 5.40. The van der Waals surface area contributed by atoms with Gasteiger partial charge in [-0.05, 0) is 24.8 Å². The van der Waals surface area contributed by atoms with Gasteiger partial charge in [-0.1, -0.05) is 6.07 Å². The molecule has 0 aliphatic heterocycles. The molecule has 2 aromatic heterocycles. The van der Waals surface area contributed by atoms with Crippen LogP contribution in [0.5, 0.6) is 0 Å². The number of hydrogen-bond acceptors (Lipinski definition) is 4. The van der Waals surface area contributed by atoms with Crippen LogP contribution in [0.1, 0.15) is 33.7 Å². The van der Waals surface area contributed by atoms with Gasteiger partial charge in [-0.3, -0.25) is 4.79 Å². The second kappa shape index (κ2) is 4.88. The normalized spacial score (nSPS) is 13.2. The molecular formula is C14H13N3O3. The van der Waals surface area contributed by atoms with Crippen molar-refractivity contribution >= 4 is 5.97 Å². The number of fused-ring (bicyclic) bond motifs is 1. The zero-order valence-corrected chi connectivity index (χ0v) is 10.7. The Hall–Kier alpha value is -2.50. The lowest BCUT2D eigenvalue weighted by Gasteiger charge is -2.12. The standard InChI is InChI=1S/C14H13N3O3/c18-13-5-4-9-2-1-3-12(9)17(13)7-11-10(14(19)20)6-15-8-16-11/h4-6,8H,1-3,7H2,(H,19,20). The molecule has 6 nitrogen and oxygen atoms in total. The zero-order chi connectivity index (χ0) is 14.1. The number of nitrogens with zero attached hydrogens (tertiary/aromatic N) is 3. The van der Waals surface area contributed by atoms with E-state index in [1.165, 1.54) is 18.6 Å². The predicted octanol–water partition coefficient (Wildman–Crippen LogP) is 0.873. The fraction of sp³-hybridized carbons (Fsp3) is 0.286. The first-order valence-electron chi connectivity index (χ1n) is 6.40. The Labute approximate surface area is 114 Å². The number of hydrogen-bond donors (Lipinski definition) is 1. The highest BCUT2D eigenvalue weighted by atomic mass is 16.4. The largest absolute Gasteiger partial charge is 0.478 e. The van der Waals surface area contributed by atoms with Crippen molar-refractivity contribution in [2.45, 2.75) is 25.8 Å². The average Bonchev–Trinajstić information content (AvgIpc) is 2.91. The molecule has 3 rings (SSSR count). The topological polar surface area (TPSA) is 85.1 Å². The molecule has 20 heavy (non-hydrogen) atoms. The molecule has 1 aliphatic rings. The summed E-state index contributed by atoms with van der Waals surface area (Å²) in [5, 5.41) is 9.14. The van der Waals surface area contributed by atoms with Crippen LogP contribution >= 0.6 is 0 Å². The lowest BCUT2D eigenvalue weighted by molar-refractivity contribution is 0.0694. The van der Waals surface area contributed by atoms with Gasteiger partial charge in [-0.15, -0.1) is 0 Å². The second-order valence-corrected chi connectivity index (χ2v) is 4.77. The van der Waals surface area contributed by atoms with E-state index >= 15 is 0 Å². The van der Waals surface area contributed by atoms with Crippen molar-refractivity contribution in [3.8, 4) is 0 Å². The Morgan fingerprint density at radius 3 is 3.00 bits per heavy atom. The maximum atomic E-state index is 12.0. The molecule has 6 heteroatoms. The minimum absolute atomic E-state index is 0.0370. The van der Waals surface area contributed by atoms with Gasteiger partial charge in [0.25, 0.3) is 5.56 Å². The third-order valence-corrected chi connectivity index (χ3v) is 3.58. The summed E-state index contributed by atoms with van der Waals surface area (Å²) in [4.78, 5) is 30.9. The summed E-state index contributed by atoms with van der Waals surface area (Å²) in [7, 11) is 0. The molecule has 0 radical (unpaired) electrons. The van der Waals surface area contributed by atoms with Crippen LogP contribution in [0.15, 0.2) is 29.5 Å². The number of rotatable bonds is 3. The Morgan fingerprint density at radius 1 is 1.35 bits per heavy atom. The van der Waals surface area contributed by atoms with E-state index in [1.807, 2.05) is 6.07 Å². The molecule has 0 atom stereocenters. The lowest BCUT2D eigenvalue weighted by atomic mass is 10.2.